The summed E-state index contributed by atoms with van der Waals surface area (Å²) >= 11 is 0. The number of benzene rings is 4. The van der Waals surface area contributed by atoms with Gasteiger partial charge in [0.1, 0.15) is 34.6 Å². The van der Waals surface area contributed by atoms with Gasteiger partial charge in [-0.1, -0.05) is 44.0 Å². The summed E-state index contributed by atoms with van der Waals surface area (Å²) in [5.41, 5.74) is -0.573. The summed E-state index contributed by atoms with van der Waals surface area (Å²) < 4.78 is 133. The number of alkyl halides is 2. The first-order valence-electron chi connectivity index (χ1n) is 14.5. The highest BCUT2D eigenvalue weighted by Gasteiger charge is 2.41. The van der Waals surface area contributed by atoms with Crippen molar-refractivity contribution in [1.29, 1.82) is 0 Å². The van der Waals surface area contributed by atoms with E-state index in [1.165, 1.54) is 0 Å². The number of rotatable bonds is 11. The van der Waals surface area contributed by atoms with Crippen LogP contribution in [0, 0.1) is 40.7 Å². The molecule has 0 aliphatic carbocycles. The molecule has 12 heteroatoms. The fourth-order valence-electron chi connectivity index (χ4n) is 4.96. The van der Waals surface area contributed by atoms with E-state index in [0.717, 1.165) is 43.4 Å². The summed E-state index contributed by atoms with van der Waals surface area (Å²) in [6.07, 6.45) is 2.15. The van der Waals surface area contributed by atoms with Gasteiger partial charge in [0, 0.05) is 42.1 Å². The van der Waals surface area contributed by atoms with Gasteiger partial charge in [0.05, 0.1) is 0 Å². The number of hydrogen-bond donors (Lipinski definition) is 0. The first-order chi connectivity index (χ1) is 22.4. The Morgan fingerprint density at radius 2 is 1.17 bits per heavy atom. The van der Waals surface area contributed by atoms with E-state index >= 15 is 8.78 Å². The highest BCUT2D eigenvalue weighted by molar-refractivity contribution is 5.68. The average Bonchev–Trinajstić information content (AvgIpc) is 3.01. The van der Waals surface area contributed by atoms with Crippen LogP contribution in [0.25, 0.3) is 22.5 Å². The Morgan fingerprint density at radius 1 is 0.617 bits per heavy atom. The molecule has 0 bridgehead atoms. The highest BCUT2D eigenvalue weighted by Crippen LogP contribution is 2.37. The first-order valence-corrected chi connectivity index (χ1v) is 14.5. The SMILES string of the molecule is CCCCCc1cnc(-c2ccc(-c3cc(F)c(Cc4cc(F)c(C(F)(F)Oc5cc(F)c(F)c(F)c5)c(F)c4)c(F)c3)cc2)nc1. The lowest BCUT2D eigenvalue weighted by molar-refractivity contribution is -0.189. The van der Waals surface area contributed by atoms with E-state index in [4.69, 9.17) is 0 Å². The summed E-state index contributed by atoms with van der Waals surface area (Å²) in [5, 5.41) is 0. The molecule has 244 valence electrons. The van der Waals surface area contributed by atoms with E-state index in [1.807, 2.05) is 0 Å². The van der Waals surface area contributed by atoms with E-state index in [2.05, 4.69) is 21.6 Å². The third-order valence-electron chi connectivity index (χ3n) is 7.37. The lowest BCUT2D eigenvalue weighted by Crippen LogP contribution is -2.25. The van der Waals surface area contributed by atoms with Crippen molar-refractivity contribution in [3.8, 4) is 28.3 Å². The Labute approximate surface area is 263 Å². The van der Waals surface area contributed by atoms with Crippen molar-refractivity contribution in [3.05, 3.63) is 136 Å². The summed E-state index contributed by atoms with van der Waals surface area (Å²) in [6, 6.07) is 9.69. The van der Waals surface area contributed by atoms with Crippen LogP contribution >= 0.6 is 0 Å². The van der Waals surface area contributed by atoms with Gasteiger partial charge in [0.25, 0.3) is 0 Å². The van der Waals surface area contributed by atoms with Crippen LogP contribution in [0.2, 0.25) is 0 Å². The maximum absolute atomic E-state index is 15.1. The summed E-state index contributed by atoms with van der Waals surface area (Å²) in [5.74, 6) is -12.3. The maximum atomic E-state index is 15.1. The third kappa shape index (κ3) is 7.58. The van der Waals surface area contributed by atoms with E-state index in [9.17, 15) is 30.7 Å². The molecule has 3 nitrogen and oxygen atoms in total. The highest BCUT2D eigenvalue weighted by atomic mass is 19.3. The Morgan fingerprint density at radius 3 is 1.72 bits per heavy atom. The monoisotopic (exact) mass is 660 g/mol. The Bertz CT molecular complexity index is 1830. The van der Waals surface area contributed by atoms with Crippen LogP contribution in [0.4, 0.5) is 39.5 Å². The van der Waals surface area contributed by atoms with E-state index in [1.54, 1.807) is 36.7 Å². The smallest absolute Gasteiger partial charge is 0.429 e. The zero-order valence-corrected chi connectivity index (χ0v) is 24.7. The van der Waals surface area contributed by atoms with Gasteiger partial charge in [0.15, 0.2) is 23.3 Å². The maximum Gasteiger partial charge on any atom is 0.432 e. The van der Waals surface area contributed by atoms with Crippen molar-refractivity contribution in [1.82, 2.24) is 9.97 Å². The van der Waals surface area contributed by atoms with Crippen LogP contribution in [0.1, 0.15) is 48.4 Å². The summed E-state index contributed by atoms with van der Waals surface area (Å²) in [7, 11) is 0. The Hall–Kier alpha value is -4.87. The van der Waals surface area contributed by atoms with Crippen LogP contribution < -0.4 is 4.74 Å². The van der Waals surface area contributed by atoms with Crippen LogP contribution in [0.3, 0.4) is 0 Å². The Kier molecular flexibility index (Phi) is 9.88. The molecule has 5 rings (SSSR count). The fourth-order valence-corrected chi connectivity index (χ4v) is 4.96. The molecule has 0 radical (unpaired) electrons. The predicted octanol–water partition coefficient (Wildman–Crippen LogP) is 10.2. The number of aryl methyl sites for hydroxylation is 1. The molecule has 1 heterocycles. The molecule has 0 aliphatic heterocycles. The van der Waals surface area contributed by atoms with Gasteiger partial charge in [-0.3, -0.25) is 0 Å². The molecule has 0 fully saturated rings. The van der Waals surface area contributed by atoms with Gasteiger partial charge in [-0.25, -0.2) is 40.7 Å². The number of halogens is 9. The minimum atomic E-state index is -4.80. The van der Waals surface area contributed by atoms with Gasteiger partial charge in [-0.15, -0.1) is 0 Å². The van der Waals surface area contributed by atoms with Crippen molar-refractivity contribution in [2.75, 3.05) is 0 Å². The number of hydrogen-bond acceptors (Lipinski definition) is 3. The van der Waals surface area contributed by atoms with Gasteiger partial charge in [-0.05, 0) is 59.4 Å². The van der Waals surface area contributed by atoms with Gasteiger partial charge >= 0.3 is 6.11 Å². The molecule has 0 amide bonds. The largest absolute Gasteiger partial charge is 0.432 e. The zero-order chi connectivity index (χ0) is 33.9. The van der Waals surface area contributed by atoms with E-state index < -0.39 is 75.7 Å². The first kappa shape index (κ1) is 33.5. The molecular weight excluding hydrogens is 635 g/mol. The topological polar surface area (TPSA) is 35.0 Å². The lowest BCUT2D eigenvalue weighted by Gasteiger charge is -2.20. The summed E-state index contributed by atoms with van der Waals surface area (Å²) in [6.45, 7) is 2.12. The van der Waals surface area contributed by atoms with Crippen molar-refractivity contribution < 1.29 is 44.3 Å². The van der Waals surface area contributed by atoms with Crippen LogP contribution in [-0.4, -0.2) is 9.97 Å². The standard InChI is InChI=1S/C35H25F9N2O/c1-2-3-4-5-19-17-45-34(46-18-19)22-8-6-21(7-9-22)23-13-26(36)25(27(37)14-23)10-20-11-28(38)32(29(39)12-20)35(43,44)47-24-15-30(40)33(42)31(41)16-24/h6-9,11-18H,2-5,10H2,1H3. The molecule has 0 N–H and O–H groups in total. The minimum absolute atomic E-state index is 0.0716. The van der Waals surface area contributed by atoms with Gasteiger partial charge in [-0.2, -0.15) is 8.78 Å². The molecule has 0 aliphatic rings. The molecule has 0 unspecified atom stereocenters. The van der Waals surface area contributed by atoms with Crippen LogP contribution in [0.15, 0.2) is 73.1 Å². The molecule has 0 atom stereocenters. The van der Waals surface area contributed by atoms with E-state index in [-0.39, 0.29) is 17.7 Å². The van der Waals surface area contributed by atoms with Crippen molar-refractivity contribution in [2.45, 2.75) is 45.1 Å². The van der Waals surface area contributed by atoms with Crippen LogP contribution in [-0.2, 0) is 19.0 Å². The molecule has 0 saturated heterocycles. The molecular formula is C35H25F9N2O. The number of unbranched alkanes of at least 4 members (excludes halogenated alkanes) is 2. The number of nitrogens with zero attached hydrogens (tertiary/aromatic N) is 2. The van der Waals surface area contributed by atoms with E-state index in [0.29, 0.717) is 29.1 Å². The lowest BCUT2D eigenvalue weighted by atomic mass is 9.97. The second-order valence-electron chi connectivity index (χ2n) is 10.8. The molecule has 0 saturated carbocycles. The molecule has 1 aromatic heterocycles. The molecule has 5 aromatic rings. The number of aromatic nitrogens is 2. The predicted molar refractivity (Wildman–Crippen MR) is 156 cm³/mol. The molecule has 47 heavy (non-hydrogen) atoms. The molecule has 4 aromatic carbocycles. The molecule has 0 spiro atoms. The van der Waals surface area contributed by atoms with Crippen molar-refractivity contribution in [3.63, 3.8) is 0 Å². The van der Waals surface area contributed by atoms with Gasteiger partial charge < -0.3 is 4.74 Å². The zero-order valence-electron chi connectivity index (χ0n) is 24.7. The summed E-state index contributed by atoms with van der Waals surface area (Å²) in [4.78, 5) is 8.79. The third-order valence-corrected chi connectivity index (χ3v) is 7.37. The second kappa shape index (κ2) is 13.9. The fraction of sp³-hybridized carbons (Fsp3) is 0.200. The van der Waals surface area contributed by atoms with Crippen molar-refractivity contribution >= 4 is 0 Å². The normalized spacial score (nSPS) is 11.6. The minimum Gasteiger partial charge on any atom is -0.429 e. The number of ether oxygens (including phenoxy) is 1. The van der Waals surface area contributed by atoms with Crippen molar-refractivity contribution in [2.24, 2.45) is 0 Å². The van der Waals surface area contributed by atoms with Crippen LogP contribution in [0.5, 0.6) is 5.75 Å². The van der Waals surface area contributed by atoms with Gasteiger partial charge in [0.2, 0.25) is 0 Å². The average molecular weight is 661 g/mol. The Balaban J connectivity index is 1.32. The quantitative estimate of drug-likeness (QED) is 0.0804. The second-order valence-corrected chi connectivity index (χ2v) is 10.8.